The number of ether oxygens (including phenoxy) is 1. The molecule has 1 heterocycles. The summed E-state index contributed by atoms with van der Waals surface area (Å²) in [5, 5.41) is 5.56. The first-order valence-electron chi connectivity index (χ1n) is 6.67. The molecule has 3 amide bonds. The molecule has 0 saturated carbocycles. The van der Waals surface area contributed by atoms with Crippen LogP contribution in [0.5, 0.6) is 0 Å². The minimum atomic E-state index is -0.486. The van der Waals surface area contributed by atoms with Crippen LogP contribution in [0.4, 0.5) is 10.5 Å². The highest BCUT2D eigenvalue weighted by atomic mass is 16.5. The molecule has 6 heteroatoms. The van der Waals surface area contributed by atoms with E-state index in [4.69, 9.17) is 10.5 Å². The van der Waals surface area contributed by atoms with Gasteiger partial charge in [-0.1, -0.05) is 0 Å². The Morgan fingerprint density at radius 2 is 1.85 bits per heavy atom. The van der Waals surface area contributed by atoms with Crippen molar-refractivity contribution in [2.75, 3.05) is 25.1 Å². The van der Waals surface area contributed by atoms with E-state index < -0.39 is 5.91 Å². The minimum absolute atomic E-state index is 0.247. The number of nitrogens with one attached hydrogen (secondary N) is 2. The first-order valence-corrected chi connectivity index (χ1v) is 6.67. The highest BCUT2D eigenvalue weighted by Gasteiger charge is 2.14. The number of benzene rings is 1. The average Bonchev–Trinajstić information content (AvgIpc) is 2.47. The lowest BCUT2D eigenvalue weighted by Crippen LogP contribution is -2.35. The lowest BCUT2D eigenvalue weighted by molar-refractivity contribution is 0.0671. The van der Waals surface area contributed by atoms with Crippen LogP contribution < -0.4 is 16.4 Å². The quantitative estimate of drug-likeness (QED) is 0.775. The molecule has 0 bridgehead atoms. The summed E-state index contributed by atoms with van der Waals surface area (Å²) in [4.78, 5) is 22.7. The summed E-state index contributed by atoms with van der Waals surface area (Å²) in [6.45, 7) is 2.18. The van der Waals surface area contributed by atoms with Crippen LogP contribution in [-0.2, 0) is 4.74 Å². The monoisotopic (exact) mass is 277 g/mol. The van der Waals surface area contributed by atoms with Crippen molar-refractivity contribution >= 4 is 17.6 Å². The Morgan fingerprint density at radius 3 is 2.45 bits per heavy atom. The van der Waals surface area contributed by atoms with Gasteiger partial charge in [0.2, 0.25) is 5.91 Å². The average molecular weight is 277 g/mol. The molecule has 1 aromatic rings. The molecule has 20 heavy (non-hydrogen) atoms. The van der Waals surface area contributed by atoms with Crippen LogP contribution in [-0.4, -0.2) is 31.7 Å². The Balaban J connectivity index is 1.77. The number of urea groups is 1. The molecule has 1 aromatic carbocycles. The maximum absolute atomic E-state index is 11.7. The maximum Gasteiger partial charge on any atom is 0.319 e. The molecular weight excluding hydrogens is 258 g/mol. The van der Waals surface area contributed by atoms with Crippen LogP contribution in [0.25, 0.3) is 0 Å². The summed E-state index contributed by atoms with van der Waals surface area (Å²) in [5.41, 5.74) is 6.19. The Hall–Kier alpha value is -2.08. The van der Waals surface area contributed by atoms with Crippen LogP contribution in [0, 0.1) is 5.92 Å². The number of amides is 3. The van der Waals surface area contributed by atoms with Crippen LogP contribution in [0.1, 0.15) is 23.2 Å². The van der Waals surface area contributed by atoms with E-state index in [1.54, 1.807) is 24.3 Å². The molecule has 0 atom stereocenters. The van der Waals surface area contributed by atoms with Gasteiger partial charge < -0.3 is 21.1 Å². The van der Waals surface area contributed by atoms with Crippen molar-refractivity contribution in [2.45, 2.75) is 12.8 Å². The van der Waals surface area contributed by atoms with E-state index in [1.165, 1.54) is 0 Å². The van der Waals surface area contributed by atoms with E-state index >= 15 is 0 Å². The lowest BCUT2D eigenvalue weighted by atomic mass is 10.0. The second kappa shape index (κ2) is 6.91. The number of carbonyl (C=O) groups is 2. The number of carbonyl (C=O) groups excluding carboxylic acids is 2. The lowest BCUT2D eigenvalue weighted by Gasteiger charge is -2.22. The fraction of sp³-hybridized carbons (Fsp3) is 0.429. The van der Waals surface area contributed by atoms with Gasteiger partial charge in [-0.25, -0.2) is 4.79 Å². The highest BCUT2D eigenvalue weighted by Crippen LogP contribution is 2.13. The predicted octanol–water partition coefficient (Wildman–Crippen LogP) is 1.33. The molecule has 0 aliphatic carbocycles. The van der Waals surface area contributed by atoms with Gasteiger partial charge in [-0.15, -0.1) is 0 Å². The second-order valence-corrected chi connectivity index (χ2v) is 4.83. The summed E-state index contributed by atoms with van der Waals surface area (Å²) in [6.07, 6.45) is 1.96. The van der Waals surface area contributed by atoms with Crippen molar-refractivity contribution < 1.29 is 14.3 Å². The summed E-state index contributed by atoms with van der Waals surface area (Å²) >= 11 is 0. The molecule has 1 saturated heterocycles. The molecule has 1 aliphatic rings. The van der Waals surface area contributed by atoms with E-state index in [-0.39, 0.29) is 6.03 Å². The zero-order valence-corrected chi connectivity index (χ0v) is 11.2. The smallest absolute Gasteiger partial charge is 0.319 e. The van der Waals surface area contributed by atoms with Crippen molar-refractivity contribution in [3.63, 3.8) is 0 Å². The molecule has 1 aliphatic heterocycles. The summed E-state index contributed by atoms with van der Waals surface area (Å²) in [7, 11) is 0. The van der Waals surface area contributed by atoms with Gasteiger partial charge in [0.25, 0.3) is 0 Å². The number of anilines is 1. The Morgan fingerprint density at radius 1 is 1.20 bits per heavy atom. The van der Waals surface area contributed by atoms with Crippen LogP contribution in [0.15, 0.2) is 24.3 Å². The molecule has 0 aromatic heterocycles. The predicted molar refractivity (Wildman–Crippen MR) is 75.5 cm³/mol. The van der Waals surface area contributed by atoms with Gasteiger partial charge in [-0.2, -0.15) is 0 Å². The minimum Gasteiger partial charge on any atom is -0.381 e. The van der Waals surface area contributed by atoms with Crippen molar-refractivity contribution in [2.24, 2.45) is 11.7 Å². The van der Waals surface area contributed by atoms with Gasteiger partial charge in [-0.3, -0.25) is 4.79 Å². The van der Waals surface area contributed by atoms with E-state index in [9.17, 15) is 9.59 Å². The van der Waals surface area contributed by atoms with E-state index in [0.29, 0.717) is 23.7 Å². The number of rotatable bonds is 4. The number of nitrogens with two attached hydrogens (primary N) is 1. The van der Waals surface area contributed by atoms with Crippen LogP contribution in [0.2, 0.25) is 0 Å². The zero-order valence-electron chi connectivity index (χ0n) is 11.2. The second-order valence-electron chi connectivity index (χ2n) is 4.83. The first kappa shape index (κ1) is 14.3. The first-order chi connectivity index (χ1) is 9.65. The summed E-state index contributed by atoms with van der Waals surface area (Å²) in [5.74, 6) is -0.00717. The zero-order chi connectivity index (χ0) is 14.4. The third-order valence-corrected chi connectivity index (χ3v) is 3.32. The largest absolute Gasteiger partial charge is 0.381 e. The van der Waals surface area contributed by atoms with E-state index in [1.807, 2.05) is 0 Å². The van der Waals surface area contributed by atoms with E-state index in [0.717, 1.165) is 26.1 Å². The summed E-state index contributed by atoms with van der Waals surface area (Å²) in [6, 6.07) is 6.21. The van der Waals surface area contributed by atoms with Gasteiger partial charge in [0.15, 0.2) is 0 Å². The van der Waals surface area contributed by atoms with Gasteiger partial charge in [-0.05, 0) is 43.0 Å². The number of hydrogen-bond acceptors (Lipinski definition) is 3. The number of primary amides is 1. The SMILES string of the molecule is NC(=O)c1ccc(NC(=O)NCC2CCOCC2)cc1. The molecule has 0 spiro atoms. The van der Waals surface area contributed by atoms with E-state index in [2.05, 4.69) is 10.6 Å². The number of hydrogen-bond donors (Lipinski definition) is 3. The van der Waals surface area contributed by atoms with Crippen molar-refractivity contribution in [3.05, 3.63) is 29.8 Å². The Kier molecular flexibility index (Phi) is 4.95. The van der Waals surface area contributed by atoms with Crippen molar-refractivity contribution in [1.29, 1.82) is 0 Å². The van der Waals surface area contributed by atoms with Crippen LogP contribution in [0.3, 0.4) is 0 Å². The highest BCUT2D eigenvalue weighted by molar-refractivity contribution is 5.94. The maximum atomic E-state index is 11.7. The Labute approximate surface area is 117 Å². The molecule has 4 N–H and O–H groups in total. The Bertz CT molecular complexity index is 467. The molecule has 108 valence electrons. The third-order valence-electron chi connectivity index (χ3n) is 3.32. The van der Waals surface area contributed by atoms with Gasteiger partial charge in [0, 0.05) is 31.0 Å². The fourth-order valence-corrected chi connectivity index (χ4v) is 2.08. The van der Waals surface area contributed by atoms with Gasteiger partial charge in [0.1, 0.15) is 0 Å². The molecule has 0 radical (unpaired) electrons. The fourth-order valence-electron chi connectivity index (χ4n) is 2.08. The van der Waals surface area contributed by atoms with Gasteiger partial charge >= 0.3 is 6.03 Å². The van der Waals surface area contributed by atoms with Crippen molar-refractivity contribution in [1.82, 2.24) is 5.32 Å². The molecule has 0 unspecified atom stereocenters. The standard InChI is InChI=1S/C14H19N3O3/c15-13(18)11-1-3-12(4-2-11)17-14(19)16-9-10-5-7-20-8-6-10/h1-4,10H,5-9H2,(H2,15,18)(H2,16,17,19). The molecule has 2 rings (SSSR count). The van der Waals surface area contributed by atoms with Gasteiger partial charge in [0.05, 0.1) is 0 Å². The molecular formula is C14H19N3O3. The normalized spacial score (nSPS) is 15.6. The summed E-state index contributed by atoms with van der Waals surface area (Å²) < 4.78 is 5.27. The molecule has 6 nitrogen and oxygen atoms in total. The topological polar surface area (TPSA) is 93.5 Å². The third kappa shape index (κ3) is 4.24. The van der Waals surface area contributed by atoms with Crippen LogP contribution >= 0.6 is 0 Å². The van der Waals surface area contributed by atoms with Crippen molar-refractivity contribution in [3.8, 4) is 0 Å². The molecule has 1 fully saturated rings.